The average molecular weight is 589 g/mol. The van der Waals surface area contributed by atoms with Gasteiger partial charge >= 0.3 is 0 Å². The number of anilines is 1. The number of rotatable bonds is 7. The van der Waals surface area contributed by atoms with Crippen LogP contribution in [0.1, 0.15) is 42.1 Å². The number of likely N-dealkylation sites (N-methyl/N-ethyl adjacent to an activating group) is 1. The molecule has 1 aromatic carbocycles. The molecule has 3 aliphatic carbocycles. The van der Waals surface area contributed by atoms with E-state index in [-0.39, 0.29) is 42.6 Å². The Bertz CT molecular complexity index is 1350. The summed E-state index contributed by atoms with van der Waals surface area (Å²) in [6.45, 7) is 2.96. The molecule has 7 atom stereocenters. The van der Waals surface area contributed by atoms with Crippen LogP contribution in [0.5, 0.6) is 5.75 Å². The molecule has 1 heterocycles. The molecule has 3 fully saturated rings. The minimum Gasteiger partial charge on any atom is -0.505 e. The van der Waals surface area contributed by atoms with Crippen molar-refractivity contribution in [3.63, 3.8) is 0 Å². The van der Waals surface area contributed by atoms with E-state index in [1.807, 2.05) is 6.92 Å². The summed E-state index contributed by atoms with van der Waals surface area (Å²) in [5.41, 5.74) is 3.18. The lowest BCUT2D eigenvalue weighted by atomic mass is 9.52. The van der Waals surface area contributed by atoms with Crippen LogP contribution in [0.4, 0.5) is 10.1 Å². The number of aliphatic hydroxyl groups excluding tert-OH is 1. The van der Waals surface area contributed by atoms with Gasteiger partial charge in [0.1, 0.15) is 23.1 Å². The highest BCUT2D eigenvalue weighted by Crippen LogP contribution is 2.53. The fourth-order valence-corrected chi connectivity index (χ4v) is 7.59. The van der Waals surface area contributed by atoms with Crippen LogP contribution in [-0.4, -0.2) is 107 Å². The van der Waals surface area contributed by atoms with Gasteiger partial charge in [-0.15, -0.1) is 0 Å². The standard InChI is InChI=1S/C29H37FN4O8/c1-4-33(2)23-17-8-13-7-15-18(30)9-19(32-20(36)12-34-6-5-14(35)11-34)25(38)22(15)26(39)21(13)27(40)29(17,42-3)10-16(24(23)37)28(31)41/h9,13-14,16-17,21,23,35,38H,4-8,10-12H2,1-3H3,(H2,31,41)(H,32,36). The maximum Gasteiger partial charge on any atom is 0.238 e. The molecule has 12 nitrogen and oxygen atoms in total. The molecule has 2 amide bonds. The normalized spacial score (nSPS) is 32.9. The Morgan fingerprint density at radius 3 is 2.62 bits per heavy atom. The summed E-state index contributed by atoms with van der Waals surface area (Å²) in [7, 11) is 3.00. The number of benzene rings is 1. The molecular weight excluding hydrogens is 551 g/mol. The number of fused-ring (bicyclic) bond motifs is 3. The Morgan fingerprint density at radius 2 is 2.02 bits per heavy atom. The summed E-state index contributed by atoms with van der Waals surface area (Å²) in [4.78, 5) is 70.1. The first-order valence-corrected chi connectivity index (χ1v) is 14.3. The molecule has 0 spiro atoms. The predicted molar refractivity (Wildman–Crippen MR) is 146 cm³/mol. The molecule has 1 aromatic rings. The van der Waals surface area contributed by atoms with E-state index < -0.39 is 82.1 Å². The number of aliphatic hydroxyl groups is 1. The zero-order chi connectivity index (χ0) is 30.7. The number of nitrogens with zero attached hydrogens (tertiary/aromatic N) is 2. The maximum absolute atomic E-state index is 15.5. The number of aromatic hydroxyl groups is 1. The molecule has 0 bridgehead atoms. The quantitative estimate of drug-likeness (QED) is 0.248. The molecule has 5 rings (SSSR count). The van der Waals surface area contributed by atoms with Crippen molar-refractivity contribution < 1.29 is 43.3 Å². The van der Waals surface area contributed by atoms with E-state index in [2.05, 4.69) is 5.32 Å². The van der Waals surface area contributed by atoms with Crippen LogP contribution in [-0.2, 0) is 30.3 Å². The van der Waals surface area contributed by atoms with E-state index in [0.717, 1.165) is 6.07 Å². The van der Waals surface area contributed by atoms with Crippen molar-refractivity contribution in [3.8, 4) is 5.75 Å². The van der Waals surface area contributed by atoms with Gasteiger partial charge in [0.05, 0.1) is 35.9 Å². The molecule has 5 N–H and O–H groups in total. The van der Waals surface area contributed by atoms with Gasteiger partial charge < -0.3 is 26.0 Å². The summed E-state index contributed by atoms with van der Waals surface area (Å²) < 4.78 is 21.3. The molecular formula is C29H37FN4O8. The van der Waals surface area contributed by atoms with Gasteiger partial charge in [-0.3, -0.25) is 33.8 Å². The molecule has 1 saturated heterocycles. The highest BCUT2D eigenvalue weighted by atomic mass is 19.1. The first kappa shape index (κ1) is 30.2. The van der Waals surface area contributed by atoms with Gasteiger partial charge in [0.15, 0.2) is 17.3 Å². The van der Waals surface area contributed by atoms with E-state index in [0.29, 0.717) is 26.1 Å². The Balaban J connectivity index is 1.50. The lowest BCUT2D eigenvalue weighted by Gasteiger charge is -2.55. The number of methoxy groups -OCH3 is 1. The zero-order valence-corrected chi connectivity index (χ0v) is 23.9. The largest absolute Gasteiger partial charge is 0.505 e. The molecule has 13 heteroatoms. The number of amides is 2. The number of Topliss-reactive ketones (excluding diaryl/α,β-unsaturated/α-hetero) is 3. The van der Waals surface area contributed by atoms with Gasteiger partial charge in [0.25, 0.3) is 0 Å². The number of β-amino-alcohol motifs (C(OH)–C–C–N with tert-alkyl or cyclic N) is 1. The number of phenolic OH excluding ortho intramolecular Hbond substituents is 1. The molecule has 4 aliphatic rings. The number of phenols is 1. The van der Waals surface area contributed by atoms with Gasteiger partial charge in [-0.2, -0.15) is 0 Å². The lowest BCUT2D eigenvalue weighted by molar-refractivity contribution is -0.183. The third kappa shape index (κ3) is 4.72. The monoisotopic (exact) mass is 588 g/mol. The topological polar surface area (TPSA) is 180 Å². The van der Waals surface area contributed by atoms with Crippen LogP contribution >= 0.6 is 0 Å². The first-order chi connectivity index (χ1) is 19.8. The van der Waals surface area contributed by atoms with Gasteiger partial charge in [0.2, 0.25) is 11.8 Å². The van der Waals surface area contributed by atoms with Crippen LogP contribution in [0, 0.1) is 29.5 Å². The van der Waals surface area contributed by atoms with Crippen LogP contribution in [0.2, 0.25) is 0 Å². The fraction of sp³-hybridized carbons (Fsp3) is 0.621. The molecule has 42 heavy (non-hydrogen) atoms. The number of halogens is 1. The second-order valence-electron chi connectivity index (χ2n) is 12.0. The van der Waals surface area contributed by atoms with Gasteiger partial charge in [0, 0.05) is 44.2 Å². The van der Waals surface area contributed by atoms with E-state index in [1.165, 1.54) is 7.11 Å². The number of ketones is 3. The smallest absolute Gasteiger partial charge is 0.238 e. The van der Waals surface area contributed by atoms with E-state index >= 15 is 4.39 Å². The Labute approximate surface area is 242 Å². The van der Waals surface area contributed by atoms with E-state index in [1.54, 1.807) is 16.8 Å². The third-order valence-corrected chi connectivity index (χ3v) is 9.77. The van der Waals surface area contributed by atoms with E-state index in [9.17, 15) is 34.2 Å². The number of likely N-dealkylation sites (tertiary alicyclic amines) is 1. The molecule has 228 valence electrons. The third-order valence-electron chi connectivity index (χ3n) is 9.77. The van der Waals surface area contributed by atoms with Crippen LogP contribution in [0.3, 0.4) is 0 Å². The van der Waals surface area contributed by atoms with E-state index in [4.69, 9.17) is 10.5 Å². The number of ether oxygens (including phenoxy) is 1. The highest BCUT2D eigenvalue weighted by molar-refractivity contribution is 6.18. The first-order valence-electron chi connectivity index (χ1n) is 14.3. The van der Waals surface area contributed by atoms with Crippen molar-refractivity contribution in [2.45, 2.75) is 50.4 Å². The number of hydrogen-bond acceptors (Lipinski definition) is 10. The minimum absolute atomic E-state index is 0.0525. The second-order valence-corrected chi connectivity index (χ2v) is 12.0. The zero-order valence-electron chi connectivity index (χ0n) is 23.9. The molecule has 0 aromatic heterocycles. The SMILES string of the molecule is CCN(C)C1C(=O)C(C(N)=O)CC2(OC)C(=O)C3C(=O)c4c(O)c(NC(=O)CN5CCC(O)C5)cc(F)c4CC3CC12. The Morgan fingerprint density at radius 1 is 1.31 bits per heavy atom. The second kappa shape index (κ2) is 11.1. The number of nitrogens with one attached hydrogen (secondary N) is 1. The van der Waals surface area contributed by atoms with Crippen LogP contribution in [0.25, 0.3) is 0 Å². The summed E-state index contributed by atoms with van der Waals surface area (Å²) in [6, 6.07) is 0.0767. The maximum atomic E-state index is 15.5. The van der Waals surface area contributed by atoms with Crippen molar-refractivity contribution in [1.82, 2.24) is 9.80 Å². The number of nitrogens with two attached hydrogens (primary N) is 1. The fourth-order valence-electron chi connectivity index (χ4n) is 7.59. The van der Waals surface area contributed by atoms with Crippen molar-refractivity contribution in [1.29, 1.82) is 0 Å². The minimum atomic E-state index is -1.67. The predicted octanol–water partition coefficient (Wildman–Crippen LogP) is -0.124. The molecule has 0 radical (unpaired) electrons. The summed E-state index contributed by atoms with van der Waals surface area (Å²) in [5, 5.41) is 23.2. The molecule has 7 unspecified atom stereocenters. The number of carbonyl (C=O) groups excluding carboxylic acids is 5. The molecule has 2 saturated carbocycles. The lowest BCUT2D eigenvalue weighted by Crippen LogP contribution is -2.70. The number of hydrogen-bond donors (Lipinski definition) is 4. The summed E-state index contributed by atoms with van der Waals surface area (Å²) in [6.07, 6.45) is -0.213. The average Bonchev–Trinajstić information content (AvgIpc) is 3.34. The number of primary amides is 1. The van der Waals surface area contributed by atoms with Gasteiger partial charge in [-0.25, -0.2) is 4.39 Å². The van der Waals surface area contributed by atoms with Crippen molar-refractivity contribution in [2.75, 3.05) is 45.7 Å². The van der Waals surface area contributed by atoms with Crippen molar-refractivity contribution in [2.24, 2.45) is 29.4 Å². The Kier molecular flexibility index (Phi) is 7.98. The van der Waals surface area contributed by atoms with Crippen molar-refractivity contribution in [3.05, 3.63) is 23.0 Å². The Hall–Kier alpha value is -3.26. The van der Waals surface area contributed by atoms with Crippen LogP contribution in [0.15, 0.2) is 6.07 Å². The summed E-state index contributed by atoms with van der Waals surface area (Å²) in [5.74, 6) is -8.73. The number of carbonyl (C=O) groups is 5. The van der Waals surface area contributed by atoms with Gasteiger partial charge in [-0.05, 0) is 38.8 Å². The van der Waals surface area contributed by atoms with Crippen molar-refractivity contribution >= 4 is 34.9 Å². The molecule has 1 aliphatic heterocycles. The van der Waals surface area contributed by atoms with Crippen LogP contribution < -0.4 is 11.1 Å². The summed E-state index contributed by atoms with van der Waals surface area (Å²) >= 11 is 0. The van der Waals surface area contributed by atoms with Gasteiger partial charge in [-0.1, -0.05) is 6.92 Å². The highest BCUT2D eigenvalue weighted by Gasteiger charge is 2.66.